The van der Waals surface area contributed by atoms with Gasteiger partial charge in [0.2, 0.25) is 0 Å². The van der Waals surface area contributed by atoms with Gasteiger partial charge in [-0.05, 0) is 35.7 Å². The Morgan fingerprint density at radius 2 is 2.00 bits per heavy atom. The van der Waals surface area contributed by atoms with Crippen LogP contribution in [0, 0.1) is 11.6 Å². The van der Waals surface area contributed by atoms with E-state index in [1.54, 1.807) is 12.1 Å². The van der Waals surface area contributed by atoms with Crippen LogP contribution in [0.4, 0.5) is 8.78 Å². The Bertz CT molecular complexity index is 560. The zero-order chi connectivity index (χ0) is 13.1. The van der Waals surface area contributed by atoms with Crippen LogP contribution in [0.25, 0.3) is 0 Å². The number of hydrogen-bond acceptors (Lipinski definition) is 2. The van der Waals surface area contributed by atoms with Gasteiger partial charge in [0.25, 0.3) is 0 Å². The van der Waals surface area contributed by atoms with Crippen molar-refractivity contribution in [1.29, 1.82) is 0 Å². The molecule has 94 valence electrons. The highest BCUT2D eigenvalue weighted by Crippen LogP contribution is 2.21. The van der Waals surface area contributed by atoms with Crippen LogP contribution in [0.1, 0.15) is 17.2 Å². The molecule has 0 spiro atoms. The molecule has 0 aliphatic heterocycles. The Kier molecular flexibility index (Phi) is 4.04. The van der Waals surface area contributed by atoms with Crippen molar-refractivity contribution < 1.29 is 8.78 Å². The van der Waals surface area contributed by atoms with Gasteiger partial charge in [-0.25, -0.2) is 8.78 Å². The van der Waals surface area contributed by atoms with E-state index >= 15 is 0 Å². The molecule has 0 saturated carbocycles. The first-order valence-electron chi connectivity index (χ1n) is 5.36. The predicted octanol–water partition coefficient (Wildman–Crippen LogP) is 3.36. The zero-order valence-corrected chi connectivity index (χ0v) is 11.0. The molecule has 0 bridgehead atoms. The average molecular weight is 313 g/mol. The number of nitrogens with zero attached hydrogens (tertiary/aromatic N) is 1. The Morgan fingerprint density at radius 3 is 2.67 bits per heavy atom. The van der Waals surface area contributed by atoms with Crippen molar-refractivity contribution >= 4 is 15.9 Å². The summed E-state index contributed by atoms with van der Waals surface area (Å²) in [6, 6.07) is 5.62. The van der Waals surface area contributed by atoms with Gasteiger partial charge in [0.1, 0.15) is 11.6 Å². The second-order valence-electron chi connectivity index (χ2n) is 3.98. The fourth-order valence-electron chi connectivity index (χ4n) is 1.67. The lowest BCUT2D eigenvalue weighted by Crippen LogP contribution is -2.14. The predicted molar refractivity (Wildman–Crippen MR) is 68.9 cm³/mol. The Labute approximate surface area is 112 Å². The van der Waals surface area contributed by atoms with E-state index in [1.807, 2.05) is 0 Å². The molecule has 0 amide bonds. The van der Waals surface area contributed by atoms with Crippen molar-refractivity contribution in [3.63, 3.8) is 0 Å². The van der Waals surface area contributed by atoms with E-state index in [0.717, 1.165) is 6.20 Å². The van der Waals surface area contributed by atoms with Gasteiger partial charge in [0.15, 0.2) is 0 Å². The number of pyridine rings is 1. The molecular weight excluding hydrogens is 302 g/mol. The summed E-state index contributed by atoms with van der Waals surface area (Å²) in [5.41, 5.74) is 6.97. The highest BCUT2D eigenvalue weighted by Gasteiger charge is 2.11. The SMILES string of the molecule is NC(Cc1ccc(Br)cc1F)c1cncc(F)c1. The summed E-state index contributed by atoms with van der Waals surface area (Å²) >= 11 is 3.19. The van der Waals surface area contributed by atoms with E-state index in [2.05, 4.69) is 20.9 Å². The molecule has 0 saturated heterocycles. The molecule has 2 aromatic rings. The van der Waals surface area contributed by atoms with Crippen LogP contribution in [-0.4, -0.2) is 4.98 Å². The summed E-state index contributed by atoms with van der Waals surface area (Å²) in [6.45, 7) is 0. The smallest absolute Gasteiger partial charge is 0.141 e. The lowest BCUT2D eigenvalue weighted by Gasteiger charge is -2.12. The van der Waals surface area contributed by atoms with E-state index in [0.29, 0.717) is 22.0 Å². The normalized spacial score (nSPS) is 12.4. The van der Waals surface area contributed by atoms with Gasteiger partial charge in [-0.3, -0.25) is 4.98 Å². The molecule has 18 heavy (non-hydrogen) atoms. The van der Waals surface area contributed by atoms with E-state index in [1.165, 1.54) is 18.3 Å². The van der Waals surface area contributed by atoms with Crippen LogP contribution in [0.2, 0.25) is 0 Å². The minimum atomic E-state index is -0.483. The number of benzene rings is 1. The molecule has 0 aliphatic carbocycles. The summed E-state index contributed by atoms with van der Waals surface area (Å²) in [6.07, 6.45) is 2.89. The molecule has 1 aromatic carbocycles. The summed E-state index contributed by atoms with van der Waals surface area (Å²) in [5, 5.41) is 0. The maximum atomic E-state index is 13.6. The third kappa shape index (κ3) is 3.11. The molecule has 1 heterocycles. The molecule has 2 rings (SSSR count). The number of nitrogens with two attached hydrogens (primary N) is 1. The van der Waals surface area contributed by atoms with E-state index in [4.69, 9.17) is 5.73 Å². The maximum absolute atomic E-state index is 13.6. The Hall–Kier alpha value is -1.33. The third-order valence-electron chi connectivity index (χ3n) is 2.61. The highest BCUT2D eigenvalue weighted by atomic mass is 79.9. The van der Waals surface area contributed by atoms with Gasteiger partial charge in [-0.1, -0.05) is 22.0 Å². The highest BCUT2D eigenvalue weighted by molar-refractivity contribution is 9.10. The standard InChI is InChI=1S/C13H11BrF2N2/c14-10-2-1-8(12(16)5-10)4-13(17)9-3-11(15)7-18-6-9/h1-3,5-7,13H,4,17H2. The summed E-state index contributed by atoms with van der Waals surface area (Å²) < 4.78 is 27.3. The lowest BCUT2D eigenvalue weighted by molar-refractivity contribution is 0.586. The van der Waals surface area contributed by atoms with Crippen LogP contribution in [0.15, 0.2) is 41.1 Å². The monoisotopic (exact) mass is 312 g/mol. The molecule has 1 unspecified atom stereocenters. The molecule has 0 fully saturated rings. The van der Waals surface area contributed by atoms with Crippen molar-refractivity contribution in [3.05, 3.63) is 63.9 Å². The Balaban J connectivity index is 2.18. The molecular formula is C13H11BrF2N2. The molecule has 5 heteroatoms. The van der Waals surface area contributed by atoms with Crippen LogP contribution in [0.3, 0.4) is 0 Å². The average Bonchev–Trinajstić information content (AvgIpc) is 2.32. The van der Waals surface area contributed by atoms with E-state index in [-0.39, 0.29) is 5.82 Å². The summed E-state index contributed by atoms with van der Waals surface area (Å²) in [7, 11) is 0. The first-order valence-corrected chi connectivity index (χ1v) is 6.15. The minimum Gasteiger partial charge on any atom is -0.324 e. The zero-order valence-electron chi connectivity index (χ0n) is 9.41. The molecule has 1 atom stereocenters. The summed E-state index contributed by atoms with van der Waals surface area (Å²) in [4.78, 5) is 3.73. The first kappa shape index (κ1) is 13.1. The van der Waals surface area contributed by atoms with Gasteiger partial charge >= 0.3 is 0 Å². The maximum Gasteiger partial charge on any atom is 0.141 e. The minimum absolute atomic E-state index is 0.296. The van der Waals surface area contributed by atoms with Gasteiger partial charge < -0.3 is 5.73 Å². The quantitative estimate of drug-likeness (QED) is 0.943. The van der Waals surface area contributed by atoms with Gasteiger partial charge in [0, 0.05) is 16.7 Å². The van der Waals surface area contributed by atoms with E-state index < -0.39 is 11.9 Å². The number of aromatic nitrogens is 1. The summed E-state index contributed by atoms with van der Waals surface area (Å²) in [5.74, 6) is -0.775. The van der Waals surface area contributed by atoms with Crippen molar-refractivity contribution in [2.75, 3.05) is 0 Å². The van der Waals surface area contributed by atoms with Gasteiger partial charge in [0.05, 0.1) is 6.20 Å². The third-order valence-corrected chi connectivity index (χ3v) is 3.10. The lowest BCUT2D eigenvalue weighted by atomic mass is 10.0. The van der Waals surface area contributed by atoms with Crippen LogP contribution >= 0.6 is 15.9 Å². The van der Waals surface area contributed by atoms with E-state index in [9.17, 15) is 8.78 Å². The van der Waals surface area contributed by atoms with Crippen LogP contribution in [-0.2, 0) is 6.42 Å². The first-order chi connectivity index (χ1) is 8.56. The van der Waals surface area contributed by atoms with Crippen molar-refractivity contribution in [2.24, 2.45) is 5.73 Å². The number of halogens is 3. The molecule has 0 radical (unpaired) electrons. The molecule has 0 aliphatic rings. The molecule has 2 N–H and O–H groups in total. The van der Waals surface area contributed by atoms with Gasteiger partial charge in [-0.15, -0.1) is 0 Å². The molecule has 1 aromatic heterocycles. The van der Waals surface area contributed by atoms with Crippen LogP contribution in [0.5, 0.6) is 0 Å². The van der Waals surface area contributed by atoms with Crippen molar-refractivity contribution in [2.45, 2.75) is 12.5 Å². The molecule has 2 nitrogen and oxygen atoms in total. The second-order valence-corrected chi connectivity index (χ2v) is 4.90. The largest absolute Gasteiger partial charge is 0.324 e. The Morgan fingerprint density at radius 1 is 1.22 bits per heavy atom. The fraction of sp³-hybridized carbons (Fsp3) is 0.154. The second kappa shape index (κ2) is 5.54. The fourth-order valence-corrected chi connectivity index (χ4v) is 2.01. The van der Waals surface area contributed by atoms with Gasteiger partial charge in [-0.2, -0.15) is 0 Å². The van der Waals surface area contributed by atoms with Crippen molar-refractivity contribution in [1.82, 2.24) is 4.98 Å². The van der Waals surface area contributed by atoms with Crippen molar-refractivity contribution in [3.8, 4) is 0 Å². The van der Waals surface area contributed by atoms with Crippen LogP contribution < -0.4 is 5.73 Å². The number of hydrogen-bond donors (Lipinski definition) is 1. The number of rotatable bonds is 3. The topological polar surface area (TPSA) is 38.9 Å².